The topological polar surface area (TPSA) is 46.6 Å². The van der Waals surface area contributed by atoms with Gasteiger partial charge in [0.2, 0.25) is 0 Å². The van der Waals surface area contributed by atoms with Crippen molar-refractivity contribution in [3.8, 4) is 5.75 Å². The van der Waals surface area contributed by atoms with Crippen LogP contribution in [-0.2, 0) is 4.79 Å². The minimum atomic E-state index is -0.249. The molecule has 0 radical (unpaired) electrons. The molecule has 0 unspecified atom stereocenters. The second-order valence-corrected chi connectivity index (χ2v) is 5.15. The molecule has 2 rings (SSSR count). The van der Waals surface area contributed by atoms with Gasteiger partial charge in [0.15, 0.2) is 0 Å². The number of carbonyl (C=O) groups excluding carboxylic acids is 2. The smallest absolute Gasteiger partial charge is 0.293 e. The van der Waals surface area contributed by atoms with Crippen molar-refractivity contribution in [3.63, 3.8) is 0 Å². The summed E-state index contributed by atoms with van der Waals surface area (Å²) >= 11 is 0.962. The Bertz CT molecular complexity index is 522. The van der Waals surface area contributed by atoms with Crippen LogP contribution >= 0.6 is 11.8 Å². The molecule has 0 aromatic heterocycles. The van der Waals surface area contributed by atoms with Crippen molar-refractivity contribution in [2.75, 3.05) is 13.7 Å². The Morgan fingerprint density at radius 3 is 2.47 bits per heavy atom. The Labute approximate surface area is 116 Å². The number of amides is 2. The van der Waals surface area contributed by atoms with Crippen molar-refractivity contribution < 1.29 is 14.3 Å². The van der Waals surface area contributed by atoms with Gasteiger partial charge < -0.3 is 4.74 Å². The Morgan fingerprint density at radius 2 is 1.95 bits per heavy atom. The van der Waals surface area contributed by atoms with E-state index in [0.29, 0.717) is 11.5 Å². The van der Waals surface area contributed by atoms with E-state index in [1.165, 1.54) is 7.05 Å². The van der Waals surface area contributed by atoms with Crippen LogP contribution < -0.4 is 4.74 Å². The van der Waals surface area contributed by atoms with Crippen molar-refractivity contribution >= 4 is 29.0 Å². The molecule has 100 valence electrons. The SMILES string of the molecule is CCCOc1ccc(/C=C2\SC(=O)N(C)C2=O)cc1. The molecule has 1 fully saturated rings. The molecular weight excluding hydrogens is 262 g/mol. The van der Waals surface area contributed by atoms with E-state index < -0.39 is 0 Å². The number of hydrogen-bond acceptors (Lipinski definition) is 4. The molecule has 4 nitrogen and oxygen atoms in total. The highest BCUT2D eigenvalue weighted by Crippen LogP contribution is 2.31. The monoisotopic (exact) mass is 277 g/mol. The van der Waals surface area contributed by atoms with Crippen LogP contribution in [0, 0.1) is 0 Å². The fourth-order valence-corrected chi connectivity index (χ4v) is 2.40. The van der Waals surface area contributed by atoms with Crippen molar-refractivity contribution in [2.24, 2.45) is 0 Å². The second-order valence-electron chi connectivity index (χ2n) is 4.16. The Hall–Kier alpha value is -1.75. The van der Waals surface area contributed by atoms with Crippen LogP contribution in [0.2, 0.25) is 0 Å². The average molecular weight is 277 g/mol. The first-order valence-corrected chi connectivity index (χ1v) is 6.88. The molecule has 0 atom stereocenters. The normalized spacial score (nSPS) is 17.4. The summed E-state index contributed by atoms with van der Waals surface area (Å²) in [7, 11) is 1.49. The highest BCUT2D eigenvalue weighted by molar-refractivity contribution is 8.18. The zero-order chi connectivity index (χ0) is 13.8. The van der Waals surface area contributed by atoms with E-state index in [1.54, 1.807) is 6.08 Å². The number of likely N-dealkylation sites (N-methyl/N-ethyl adjacent to an activating group) is 1. The minimum Gasteiger partial charge on any atom is -0.494 e. The Balaban J connectivity index is 2.11. The van der Waals surface area contributed by atoms with Gasteiger partial charge in [-0.3, -0.25) is 14.5 Å². The third-order valence-electron chi connectivity index (χ3n) is 2.64. The summed E-state index contributed by atoms with van der Waals surface area (Å²) in [6, 6.07) is 7.46. The zero-order valence-corrected chi connectivity index (χ0v) is 11.7. The van der Waals surface area contributed by atoms with Gasteiger partial charge in [0.05, 0.1) is 11.5 Å². The summed E-state index contributed by atoms with van der Waals surface area (Å²) in [5.74, 6) is 0.559. The van der Waals surface area contributed by atoms with Crippen molar-refractivity contribution in [1.82, 2.24) is 4.90 Å². The molecule has 1 saturated heterocycles. The van der Waals surface area contributed by atoms with Gasteiger partial charge in [0.25, 0.3) is 11.1 Å². The lowest BCUT2D eigenvalue weighted by atomic mass is 10.2. The molecule has 5 heteroatoms. The molecule has 0 saturated carbocycles. The van der Waals surface area contributed by atoms with E-state index in [2.05, 4.69) is 6.92 Å². The lowest BCUT2D eigenvalue weighted by Crippen LogP contribution is -2.22. The Morgan fingerprint density at radius 1 is 1.26 bits per heavy atom. The number of nitrogens with zero attached hydrogens (tertiary/aromatic N) is 1. The number of hydrogen-bond donors (Lipinski definition) is 0. The first-order valence-electron chi connectivity index (χ1n) is 6.06. The van der Waals surface area contributed by atoms with E-state index in [9.17, 15) is 9.59 Å². The van der Waals surface area contributed by atoms with Gasteiger partial charge in [0.1, 0.15) is 5.75 Å². The molecule has 19 heavy (non-hydrogen) atoms. The van der Waals surface area contributed by atoms with Gasteiger partial charge in [-0.1, -0.05) is 19.1 Å². The largest absolute Gasteiger partial charge is 0.494 e. The van der Waals surface area contributed by atoms with Crippen LogP contribution in [0.15, 0.2) is 29.2 Å². The van der Waals surface area contributed by atoms with Crippen molar-refractivity contribution in [2.45, 2.75) is 13.3 Å². The number of ether oxygens (including phenoxy) is 1. The van der Waals surface area contributed by atoms with Crippen LogP contribution in [-0.4, -0.2) is 29.7 Å². The average Bonchev–Trinajstić information content (AvgIpc) is 2.66. The summed E-state index contributed by atoms with van der Waals surface area (Å²) in [5.41, 5.74) is 0.878. The van der Waals surface area contributed by atoms with Gasteiger partial charge >= 0.3 is 0 Å². The van der Waals surface area contributed by atoms with Gasteiger partial charge in [-0.25, -0.2) is 0 Å². The van der Waals surface area contributed by atoms with E-state index in [4.69, 9.17) is 4.74 Å². The summed E-state index contributed by atoms with van der Waals surface area (Å²) in [6.07, 6.45) is 2.68. The van der Waals surface area contributed by atoms with Crippen LogP contribution in [0.25, 0.3) is 6.08 Å². The maximum Gasteiger partial charge on any atom is 0.293 e. The van der Waals surface area contributed by atoms with Gasteiger partial charge in [0, 0.05) is 7.05 Å². The predicted molar refractivity (Wildman–Crippen MR) is 76.0 cm³/mol. The summed E-state index contributed by atoms with van der Waals surface area (Å²) in [5, 5.41) is -0.237. The summed E-state index contributed by atoms with van der Waals surface area (Å²) in [4.78, 5) is 24.7. The highest BCUT2D eigenvalue weighted by atomic mass is 32.2. The van der Waals surface area contributed by atoms with Gasteiger partial charge in [-0.05, 0) is 42.0 Å². The maximum atomic E-state index is 11.7. The molecule has 1 heterocycles. The number of benzene rings is 1. The highest BCUT2D eigenvalue weighted by Gasteiger charge is 2.31. The molecule has 0 spiro atoms. The number of rotatable bonds is 4. The maximum absolute atomic E-state index is 11.7. The summed E-state index contributed by atoms with van der Waals surface area (Å²) in [6.45, 7) is 2.74. The van der Waals surface area contributed by atoms with Crippen LogP contribution in [0.5, 0.6) is 5.75 Å². The second kappa shape index (κ2) is 5.93. The fraction of sp³-hybridized carbons (Fsp3) is 0.286. The zero-order valence-electron chi connectivity index (χ0n) is 10.9. The van der Waals surface area contributed by atoms with Gasteiger partial charge in [-0.15, -0.1) is 0 Å². The molecule has 0 aliphatic carbocycles. The third kappa shape index (κ3) is 3.17. The first-order chi connectivity index (χ1) is 9.11. The van der Waals surface area contributed by atoms with E-state index in [1.807, 2.05) is 24.3 Å². The minimum absolute atomic E-state index is 0.237. The quantitative estimate of drug-likeness (QED) is 0.793. The molecule has 2 amide bonds. The first kappa shape index (κ1) is 13.7. The number of thioether (sulfide) groups is 1. The van der Waals surface area contributed by atoms with Crippen LogP contribution in [0.4, 0.5) is 4.79 Å². The molecule has 1 aromatic rings. The molecular formula is C14H15NO3S. The third-order valence-corrected chi connectivity index (χ3v) is 3.60. The number of imide groups is 1. The molecule has 1 aliphatic rings. The standard InChI is InChI=1S/C14H15NO3S/c1-3-8-18-11-6-4-10(5-7-11)9-12-13(16)15(2)14(17)19-12/h4-7,9H,3,8H2,1-2H3/b12-9-. The fourth-order valence-electron chi connectivity index (χ4n) is 1.58. The molecule has 1 aliphatic heterocycles. The van der Waals surface area contributed by atoms with Crippen LogP contribution in [0.1, 0.15) is 18.9 Å². The van der Waals surface area contributed by atoms with Gasteiger partial charge in [-0.2, -0.15) is 0 Å². The summed E-state index contributed by atoms with van der Waals surface area (Å²) < 4.78 is 5.48. The van der Waals surface area contributed by atoms with Crippen molar-refractivity contribution in [3.05, 3.63) is 34.7 Å². The predicted octanol–water partition coefficient (Wildman–Crippen LogP) is 3.14. The molecule has 0 N–H and O–H groups in total. The lowest BCUT2D eigenvalue weighted by Gasteiger charge is -2.04. The lowest BCUT2D eigenvalue weighted by molar-refractivity contribution is -0.121. The van der Waals surface area contributed by atoms with E-state index in [-0.39, 0.29) is 11.1 Å². The molecule has 0 bridgehead atoms. The number of carbonyl (C=O) groups is 2. The van der Waals surface area contributed by atoms with E-state index >= 15 is 0 Å². The van der Waals surface area contributed by atoms with Crippen molar-refractivity contribution in [1.29, 1.82) is 0 Å². The van der Waals surface area contributed by atoms with Crippen LogP contribution in [0.3, 0.4) is 0 Å². The Kier molecular flexibility index (Phi) is 4.27. The van der Waals surface area contributed by atoms with E-state index in [0.717, 1.165) is 34.4 Å². The molecule has 1 aromatic carbocycles.